The van der Waals surface area contributed by atoms with Crippen molar-refractivity contribution in [3.63, 3.8) is 0 Å². The molecule has 0 saturated heterocycles. The quantitative estimate of drug-likeness (QED) is 0.274. The molecule has 1 rings (SSSR count). The van der Waals surface area contributed by atoms with Gasteiger partial charge in [-0.25, -0.2) is 13.1 Å². The number of nitrogens with zero attached hydrogens (tertiary/aromatic N) is 1. The fourth-order valence-electron chi connectivity index (χ4n) is 1.32. The summed E-state index contributed by atoms with van der Waals surface area (Å²) < 4.78 is 30.9. The molecular formula is C9H14N4O5S. The normalized spacial score (nSPS) is 11.3. The Kier molecular flexibility index (Phi) is 5.18. The third kappa shape index (κ3) is 3.86. The second kappa shape index (κ2) is 6.43. The Balaban J connectivity index is 3.15. The van der Waals surface area contributed by atoms with Crippen molar-refractivity contribution in [2.75, 3.05) is 25.7 Å². The van der Waals surface area contributed by atoms with Crippen LogP contribution in [0.15, 0.2) is 23.1 Å². The molecule has 0 aliphatic carbocycles. The third-order valence-corrected chi connectivity index (χ3v) is 3.72. The molecule has 0 aliphatic rings. The molecule has 0 fully saturated rings. The number of methoxy groups -OCH3 is 1. The van der Waals surface area contributed by atoms with Crippen molar-refractivity contribution in [1.29, 1.82) is 0 Å². The van der Waals surface area contributed by atoms with Gasteiger partial charge >= 0.3 is 0 Å². The largest absolute Gasteiger partial charge is 0.383 e. The molecule has 0 saturated carbocycles. The lowest BCUT2D eigenvalue weighted by molar-refractivity contribution is -0.385. The summed E-state index contributed by atoms with van der Waals surface area (Å²) in [7, 11) is -2.48. The van der Waals surface area contributed by atoms with Crippen molar-refractivity contribution in [2.45, 2.75) is 4.90 Å². The highest BCUT2D eigenvalue weighted by molar-refractivity contribution is 7.89. The van der Waals surface area contributed by atoms with Crippen molar-refractivity contribution >= 4 is 21.4 Å². The van der Waals surface area contributed by atoms with Crippen molar-refractivity contribution in [1.82, 2.24) is 4.72 Å². The first-order valence-electron chi connectivity index (χ1n) is 5.16. The van der Waals surface area contributed by atoms with Crippen LogP contribution in [0, 0.1) is 10.1 Å². The predicted molar refractivity (Wildman–Crippen MR) is 68.0 cm³/mol. The zero-order valence-corrected chi connectivity index (χ0v) is 10.9. The fourth-order valence-corrected chi connectivity index (χ4v) is 2.52. The van der Waals surface area contributed by atoms with E-state index in [4.69, 9.17) is 10.6 Å². The van der Waals surface area contributed by atoms with Gasteiger partial charge in [0.2, 0.25) is 10.0 Å². The Bertz CT molecular complexity index is 560. The number of hydrazine groups is 1. The number of nitro benzene ring substituents is 1. The van der Waals surface area contributed by atoms with E-state index in [0.29, 0.717) is 0 Å². The van der Waals surface area contributed by atoms with E-state index >= 15 is 0 Å². The number of hydrogen-bond donors (Lipinski definition) is 3. The maximum atomic E-state index is 12.0. The minimum absolute atomic E-state index is 0.0472. The van der Waals surface area contributed by atoms with E-state index < -0.39 is 14.9 Å². The molecule has 0 aliphatic heterocycles. The summed E-state index contributed by atoms with van der Waals surface area (Å²) in [6.07, 6.45) is 0. The summed E-state index contributed by atoms with van der Waals surface area (Å²) in [5, 5.41) is 10.7. The Morgan fingerprint density at radius 2 is 2.16 bits per heavy atom. The smallest absolute Gasteiger partial charge is 0.270 e. The minimum Gasteiger partial charge on any atom is -0.383 e. The molecule has 0 radical (unpaired) electrons. The zero-order valence-electron chi connectivity index (χ0n) is 10.1. The summed E-state index contributed by atoms with van der Waals surface area (Å²) in [5.74, 6) is 5.19. The number of nitrogens with one attached hydrogen (secondary N) is 2. The summed E-state index contributed by atoms with van der Waals surface area (Å²) in [4.78, 5) is 9.68. The Hall–Kier alpha value is -1.75. The topological polar surface area (TPSA) is 137 Å². The molecule has 0 atom stereocenters. The van der Waals surface area contributed by atoms with E-state index in [1.54, 1.807) is 0 Å². The molecule has 19 heavy (non-hydrogen) atoms. The predicted octanol–water partition coefficient (Wildman–Crippen LogP) is -0.195. The van der Waals surface area contributed by atoms with E-state index in [1.165, 1.54) is 13.2 Å². The van der Waals surface area contributed by atoms with Gasteiger partial charge in [-0.1, -0.05) is 0 Å². The number of hydrogen-bond acceptors (Lipinski definition) is 7. The molecule has 4 N–H and O–H groups in total. The van der Waals surface area contributed by atoms with Gasteiger partial charge in [0.15, 0.2) is 0 Å². The molecule has 0 unspecified atom stereocenters. The lowest BCUT2D eigenvalue weighted by Gasteiger charge is -2.10. The lowest BCUT2D eigenvalue weighted by atomic mass is 10.3. The molecule has 10 heteroatoms. The van der Waals surface area contributed by atoms with Crippen molar-refractivity contribution < 1.29 is 18.1 Å². The number of nitrogens with two attached hydrogens (primary N) is 1. The van der Waals surface area contributed by atoms with Crippen LogP contribution in [-0.2, 0) is 14.8 Å². The van der Waals surface area contributed by atoms with E-state index in [-0.39, 0.29) is 29.4 Å². The van der Waals surface area contributed by atoms with Crippen LogP contribution in [0.4, 0.5) is 11.4 Å². The lowest BCUT2D eigenvalue weighted by Crippen LogP contribution is -2.28. The van der Waals surface area contributed by atoms with Crippen molar-refractivity contribution in [3.05, 3.63) is 28.3 Å². The van der Waals surface area contributed by atoms with Gasteiger partial charge in [0.1, 0.15) is 4.90 Å². The van der Waals surface area contributed by atoms with Crippen molar-refractivity contribution in [3.8, 4) is 0 Å². The number of nitrogen functional groups attached to an aromatic ring is 1. The molecule has 0 aromatic heterocycles. The van der Waals surface area contributed by atoms with Crippen LogP contribution in [0.5, 0.6) is 0 Å². The van der Waals surface area contributed by atoms with Crippen LogP contribution >= 0.6 is 0 Å². The number of rotatable bonds is 7. The number of ether oxygens (including phenoxy) is 1. The second-order valence-corrected chi connectivity index (χ2v) is 5.21. The van der Waals surface area contributed by atoms with Gasteiger partial charge in [-0.3, -0.25) is 16.0 Å². The monoisotopic (exact) mass is 290 g/mol. The number of nitro groups is 1. The van der Waals surface area contributed by atoms with E-state index in [0.717, 1.165) is 12.1 Å². The molecule has 0 amide bonds. The molecular weight excluding hydrogens is 276 g/mol. The van der Waals surface area contributed by atoms with E-state index in [2.05, 4.69) is 10.1 Å². The number of benzene rings is 1. The fraction of sp³-hybridized carbons (Fsp3) is 0.333. The van der Waals surface area contributed by atoms with Crippen LogP contribution < -0.4 is 16.0 Å². The summed E-state index contributed by atoms with van der Waals surface area (Å²) in [5.41, 5.74) is 1.91. The van der Waals surface area contributed by atoms with Crippen LogP contribution in [0.25, 0.3) is 0 Å². The maximum absolute atomic E-state index is 12.0. The minimum atomic E-state index is -3.91. The van der Waals surface area contributed by atoms with Crippen molar-refractivity contribution in [2.24, 2.45) is 5.84 Å². The number of non-ortho nitro benzene ring substituents is 1. The van der Waals surface area contributed by atoms with Crippen LogP contribution in [0.1, 0.15) is 0 Å². The first-order chi connectivity index (χ1) is 8.92. The van der Waals surface area contributed by atoms with Gasteiger partial charge < -0.3 is 10.2 Å². The van der Waals surface area contributed by atoms with E-state index in [1.807, 2.05) is 0 Å². The van der Waals surface area contributed by atoms with Gasteiger partial charge in [-0.05, 0) is 6.07 Å². The van der Waals surface area contributed by atoms with Crippen LogP contribution in [0.2, 0.25) is 0 Å². The third-order valence-electron chi connectivity index (χ3n) is 2.22. The average Bonchev–Trinajstić information content (AvgIpc) is 2.38. The van der Waals surface area contributed by atoms with Gasteiger partial charge in [-0.2, -0.15) is 0 Å². The SMILES string of the molecule is COCCNS(=O)(=O)c1cc([N+](=O)[O-])ccc1NN. The Labute approximate surface area is 109 Å². The first kappa shape index (κ1) is 15.3. The molecule has 9 nitrogen and oxygen atoms in total. The van der Waals surface area contributed by atoms with Crippen LogP contribution in [0.3, 0.4) is 0 Å². The Morgan fingerprint density at radius 3 is 2.68 bits per heavy atom. The highest BCUT2D eigenvalue weighted by Gasteiger charge is 2.21. The summed E-state index contributed by atoms with van der Waals surface area (Å²) >= 11 is 0. The van der Waals surface area contributed by atoms with Gasteiger partial charge in [0, 0.05) is 25.8 Å². The summed E-state index contributed by atoms with van der Waals surface area (Å²) in [6, 6.07) is 3.32. The zero-order chi connectivity index (χ0) is 14.5. The van der Waals surface area contributed by atoms with Gasteiger partial charge in [0.05, 0.1) is 17.2 Å². The number of sulfonamides is 1. The van der Waals surface area contributed by atoms with E-state index in [9.17, 15) is 18.5 Å². The van der Waals surface area contributed by atoms with Gasteiger partial charge in [-0.15, -0.1) is 0 Å². The molecule has 1 aromatic carbocycles. The molecule has 1 aromatic rings. The number of anilines is 1. The van der Waals surface area contributed by atoms with Crippen LogP contribution in [-0.4, -0.2) is 33.6 Å². The first-order valence-corrected chi connectivity index (χ1v) is 6.64. The highest BCUT2D eigenvalue weighted by Crippen LogP contribution is 2.25. The van der Waals surface area contributed by atoms with Gasteiger partial charge in [0.25, 0.3) is 5.69 Å². The second-order valence-electron chi connectivity index (χ2n) is 3.47. The molecule has 106 valence electrons. The maximum Gasteiger partial charge on any atom is 0.270 e. The Morgan fingerprint density at radius 1 is 1.47 bits per heavy atom. The standard InChI is InChI=1S/C9H14N4O5S/c1-18-5-4-11-19(16,17)9-6-7(13(14)15)2-3-8(9)12-10/h2-3,6,11-12H,4-5,10H2,1H3. The average molecular weight is 290 g/mol. The molecule has 0 heterocycles. The highest BCUT2D eigenvalue weighted by atomic mass is 32.2. The molecule has 0 spiro atoms. The summed E-state index contributed by atoms with van der Waals surface area (Å²) in [6.45, 7) is 0.227. The molecule has 0 bridgehead atoms.